The molecule has 27 heavy (non-hydrogen) atoms. The fourth-order valence-electron chi connectivity index (χ4n) is 2.76. The zero-order valence-electron chi connectivity index (χ0n) is 15.8. The van der Waals surface area contributed by atoms with Gasteiger partial charge in [-0.2, -0.15) is 0 Å². The van der Waals surface area contributed by atoms with Crippen LogP contribution in [0.15, 0.2) is 48.5 Å². The molecule has 6 heteroatoms. The molecule has 140 valence electrons. The zero-order valence-corrected chi connectivity index (χ0v) is 15.8. The van der Waals surface area contributed by atoms with E-state index in [2.05, 4.69) is 0 Å². The molecule has 0 amide bonds. The maximum absolute atomic E-state index is 14.7. The van der Waals surface area contributed by atoms with E-state index in [1.54, 1.807) is 30.3 Å². The highest BCUT2D eigenvalue weighted by Gasteiger charge is 2.51. The summed E-state index contributed by atoms with van der Waals surface area (Å²) in [4.78, 5) is 10.9. The van der Waals surface area contributed by atoms with Gasteiger partial charge in [-0.3, -0.25) is 0 Å². The lowest BCUT2D eigenvalue weighted by Gasteiger charge is -2.32. The van der Waals surface area contributed by atoms with E-state index in [1.165, 1.54) is 18.2 Å². The van der Waals surface area contributed by atoms with Crippen LogP contribution in [-0.4, -0.2) is 29.4 Å². The van der Waals surface area contributed by atoms with Gasteiger partial charge in [0.1, 0.15) is 5.83 Å². The van der Waals surface area contributed by atoms with Gasteiger partial charge >= 0.3 is 13.1 Å². The maximum Gasteiger partial charge on any atom is 0.494 e. The summed E-state index contributed by atoms with van der Waals surface area (Å²) in [5, 5.41) is 8.93. The summed E-state index contributed by atoms with van der Waals surface area (Å²) in [6.07, 6.45) is 1.37. The lowest BCUT2D eigenvalue weighted by Crippen LogP contribution is -2.41. The van der Waals surface area contributed by atoms with Crippen molar-refractivity contribution in [2.75, 3.05) is 0 Å². The van der Waals surface area contributed by atoms with Gasteiger partial charge in [-0.1, -0.05) is 36.4 Å². The second-order valence-corrected chi connectivity index (χ2v) is 7.63. The maximum atomic E-state index is 14.7. The van der Waals surface area contributed by atoms with Gasteiger partial charge in [-0.05, 0) is 56.9 Å². The van der Waals surface area contributed by atoms with Crippen molar-refractivity contribution in [2.24, 2.45) is 0 Å². The van der Waals surface area contributed by atoms with Gasteiger partial charge in [-0.15, -0.1) is 0 Å². The van der Waals surface area contributed by atoms with Crippen molar-refractivity contribution in [3.63, 3.8) is 0 Å². The number of carboxylic acid groups (broad SMARTS) is 1. The molecule has 1 aliphatic rings. The van der Waals surface area contributed by atoms with Gasteiger partial charge in [0.15, 0.2) is 0 Å². The molecule has 3 rings (SSSR count). The number of carboxylic acids is 1. The summed E-state index contributed by atoms with van der Waals surface area (Å²) in [6, 6.07) is 13.0. The van der Waals surface area contributed by atoms with Crippen molar-refractivity contribution in [3.8, 4) is 0 Å². The first-order chi connectivity index (χ1) is 12.6. The minimum Gasteiger partial charge on any atom is -0.478 e. The molecule has 1 fully saturated rings. The van der Waals surface area contributed by atoms with Crippen molar-refractivity contribution in [3.05, 3.63) is 65.2 Å². The third-order valence-corrected chi connectivity index (χ3v) is 5.14. The van der Waals surface area contributed by atoms with Gasteiger partial charge in [-0.25, -0.2) is 9.18 Å². The fraction of sp³-hybridized carbons (Fsp3) is 0.286. The molecule has 1 saturated heterocycles. The Bertz CT molecular complexity index is 871. The number of hydrogen-bond donors (Lipinski definition) is 1. The smallest absolute Gasteiger partial charge is 0.478 e. The summed E-state index contributed by atoms with van der Waals surface area (Å²) in [5.41, 5.74) is 0.969. The van der Waals surface area contributed by atoms with Crippen LogP contribution in [0.3, 0.4) is 0 Å². The lowest BCUT2D eigenvalue weighted by atomic mass is 9.78. The Kier molecular flexibility index (Phi) is 4.97. The normalized spacial score (nSPS) is 18.6. The van der Waals surface area contributed by atoms with Crippen LogP contribution in [0.25, 0.3) is 11.9 Å². The highest BCUT2D eigenvalue weighted by Crippen LogP contribution is 2.36. The van der Waals surface area contributed by atoms with E-state index >= 15 is 0 Å². The first-order valence-electron chi connectivity index (χ1n) is 8.76. The van der Waals surface area contributed by atoms with Crippen molar-refractivity contribution < 1.29 is 23.6 Å². The average Bonchev–Trinajstić information content (AvgIpc) is 2.83. The second-order valence-electron chi connectivity index (χ2n) is 7.63. The first kappa shape index (κ1) is 19.3. The Morgan fingerprint density at radius 3 is 2.15 bits per heavy atom. The summed E-state index contributed by atoms with van der Waals surface area (Å²) in [7, 11) is -0.558. The van der Waals surface area contributed by atoms with Crippen LogP contribution in [0, 0.1) is 0 Å². The van der Waals surface area contributed by atoms with Gasteiger partial charge in [0.2, 0.25) is 0 Å². The molecule has 1 aliphatic heterocycles. The summed E-state index contributed by atoms with van der Waals surface area (Å²) in [6.45, 7) is 7.88. The van der Waals surface area contributed by atoms with Crippen LogP contribution < -0.4 is 5.46 Å². The highest BCUT2D eigenvalue weighted by molar-refractivity contribution is 6.62. The first-order valence-corrected chi connectivity index (χ1v) is 8.76. The minimum absolute atomic E-state index is 0.162. The van der Waals surface area contributed by atoms with E-state index in [1.807, 2.05) is 33.8 Å². The largest absolute Gasteiger partial charge is 0.494 e. The second kappa shape index (κ2) is 6.95. The zero-order chi connectivity index (χ0) is 19.8. The Balaban J connectivity index is 1.84. The molecule has 0 aromatic heterocycles. The number of hydrogen-bond acceptors (Lipinski definition) is 3. The average molecular weight is 368 g/mol. The minimum atomic E-state index is -1.01. The van der Waals surface area contributed by atoms with Gasteiger partial charge < -0.3 is 14.4 Å². The van der Waals surface area contributed by atoms with Crippen LogP contribution in [0.4, 0.5) is 4.39 Å². The van der Waals surface area contributed by atoms with E-state index in [-0.39, 0.29) is 5.56 Å². The molecule has 2 aromatic carbocycles. The number of carbonyl (C=O) groups is 1. The van der Waals surface area contributed by atoms with Crippen LogP contribution in [0.5, 0.6) is 0 Å². The molecule has 0 atom stereocenters. The van der Waals surface area contributed by atoms with Crippen molar-refractivity contribution in [2.45, 2.75) is 38.9 Å². The monoisotopic (exact) mass is 368 g/mol. The van der Waals surface area contributed by atoms with Gasteiger partial charge in [0.05, 0.1) is 16.8 Å². The Morgan fingerprint density at radius 1 is 1.00 bits per heavy atom. The predicted octanol–water partition coefficient (Wildman–Crippen LogP) is 4.15. The van der Waals surface area contributed by atoms with Crippen molar-refractivity contribution in [1.82, 2.24) is 0 Å². The van der Waals surface area contributed by atoms with Gasteiger partial charge in [0.25, 0.3) is 0 Å². The van der Waals surface area contributed by atoms with Crippen molar-refractivity contribution >= 4 is 30.5 Å². The molecule has 1 N–H and O–H groups in total. The third kappa shape index (κ3) is 3.97. The van der Waals surface area contributed by atoms with Crippen LogP contribution >= 0.6 is 0 Å². The number of halogens is 1. The van der Waals surface area contributed by atoms with E-state index in [9.17, 15) is 9.18 Å². The summed E-state index contributed by atoms with van der Waals surface area (Å²) in [5.74, 6) is -1.43. The topological polar surface area (TPSA) is 55.8 Å². The van der Waals surface area contributed by atoms with E-state index in [0.717, 1.165) is 5.46 Å². The van der Waals surface area contributed by atoms with Gasteiger partial charge in [0, 0.05) is 5.56 Å². The quantitative estimate of drug-likeness (QED) is 0.651. The molecular formula is C21H22BFO4. The Labute approximate surface area is 158 Å². The third-order valence-electron chi connectivity index (χ3n) is 5.14. The Morgan fingerprint density at radius 2 is 1.59 bits per heavy atom. The van der Waals surface area contributed by atoms with E-state index in [4.69, 9.17) is 14.4 Å². The molecule has 0 bridgehead atoms. The number of rotatable bonds is 4. The molecule has 0 unspecified atom stereocenters. The molecule has 0 spiro atoms. The SMILES string of the molecule is CC1(C)OB(c2cccc(/C(F)=C/c3ccc(C(=O)O)cc3)c2)OC1(C)C. The molecule has 0 saturated carbocycles. The van der Waals surface area contributed by atoms with E-state index in [0.29, 0.717) is 11.1 Å². The molecule has 0 aliphatic carbocycles. The lowest BCUT2D eigenvalue weighted by molar-refractivity contribution is 0.00578. The van der Waals surface area contributed by atoms with Crippen LogP contribution in [-0.2, 0) is 9.31 Å². The fourth-order valence-corrected chi connectivity index (χ4v) is 2.76. The van der Waals surface area contributed by atoms with E-state index < -0.39 is 30.1 Å². The summed E-state index contributed by atoms with van der Waals surface area (Å²) < 4.78 is 26.8. The molecular weight excluding hydrogens is 346 g/mol. The van der Waals surface area contributed by atoms with Crippen LogP contribution in [0.1, 0.15) is 49.2 Å². The van der Waals surface area contributed by atoms with Crippen molar-refractivity contribution in [1.29, 1.82) is 0 Å². The molecule has 2 aromatic rings. The highest BCUT2D eigenvalue weighted by atomic mass is 19.1. The molecule has 0 radical (unpaired) electrons. The number of benzene rings is 2. The molecule has 1 heterocycles. The van der Waals surface area contributed by atoms with Crippen LogP contribution in [0.2, 0.25) is 0 Å². The predicted molar refractivity (Wildman–Crippen MR) is 105 cm³/mol. The standard InChI is InChI=1S/C21H22BFO4/c1-20(2)21(3,4)27-22(26-20)17-7-5-6-16(13-17)18(23)12-14-8-10-15(11-9-14)19(24)25/h5-13H,1-4H3,(H,24,25)/b18-12-. The Hall–Kier alpha value is -2.44. The molecule has 4 nitrogen and oxygen atoms in total. The number of aromatic carboxylic acids is 1. The summed E-state index contributed by atoms with van der Waals surface area (Å²) >= 11 is 0.